The van der Waals surface area contributed by atoms with Crippen LogP contribution in [-0.2, 0) is 0 Å². The number of aryl methyl sites for hydroxylation is 1. The van der Waals surface area contributed by atoms with Crippen LogP contribution in [0.15, 0.2) is 34.7 Å². The monoisotopic (exact) mass is 371 g/mol. The van der Waals surface area contributed by atoms with E-state index < -0.39 is 30.0 Å². The zero-order valence-corrected chi connectivity index (χ0v) is 13.6. The molecule has 0 spiro atoms. The van der Waals surface area contributed by atoms with Crippen molar-refractivity contribution >= 4 is 28.1 Å². The maximum absolute atomic E-state index is 13.5. The molecule has 3 rings (SSSR count). The van der Waals surface area contributed by atoms with Crippen LogP contribution in [-0.4, -0.2) is 38.8 Å². The van der Waals surface area contributed by atoms with Crippen molar-refractivity contribution in [3.05, 3.63) is 46.5 Å². The number of carbonyl (C=O) groups is 1. The molecule has 1 unspecified atom stereocenters. The van der Waals surface area contributed by atoms with Crippen molar-refractivity contribution in [2.75, 3.05) is 5.01 Å². The van der Waals surface area contributed by atoms with Gasteiger partial charge in [0.05, 0.1) is 12.1 Å². The molecule has 0 radical (unpaired) electrons. The number of hydrogen-bond donors (Lipinski definition) is 2. The Kier molecular flexibility index (Phi) is 4.04. The van der Waals surface area contributed by atoms with E-state index >= 15 is 0 Å². The van der Waals surface area contributed by atoms with Gasteiger partial charge in [0.2, 0.25) is 5.13 Å². The van der Waals surface area contributed by atoms with Gasteiger partial charge < -0.3 is 10.2 Å². The maximum atomic E-state index is 13.5. The molecule has 1 aromatic heterocycles. The van der Waals surface area contributed by atoms with Gasteiger partial charge in [0.1, 0.15) is 0 Å². The first-order valence-electron chi connectivity index (χ1n) is 7.04. The molecule has 2 aromatic rings. The van der Waals surface area contributed by atoms with Crippen molar-refractivity contribution in [3.8, 4) is 0 Å². The third-order valence-corrected chi connectivity index (χ3v) is 4.53. The van der Waals surface area contributed by atoms with Crippen molar-refractivity contribution < 1.29 is 28.2 Å². The number of halogens is 3. The number of benzene rings is 1. The van der Waals surface area contributed by atoms with E-state index in [2.05, 4.69) is 10.1 Å². The average molecular weight is 371 g/mol. The molecule has 1 aliphatic heterocycles. The second-order valence-corrected chi connectivity index (χ2v) is 6.37. The Hall–Kier alpha value is -2.46. The standard InChI is InChI=1S/C15H12F3N3O3S/c1-8-2-4-9(5-3-8)10-6-14(24,15(16,17)18)21(20-10)13-19-11(7-25-13)12(22)23/h2-5,7,24H,6H2,1H3,(H,22,23). The number of nitrogens with zero attached hydrogens (tertiary/aromatic N) is 3. The summed E-state index contributed by atoms with van der Waals surface area (Å²) in [5.74, 6) is -1.38. The molecule has 132 valence electrons. The van der Waals surface area contributed by atoms with Crippen LogP contribution in [0.3, 0.4) is 0 Å². The van der Waals surface area contributed by atoms with Crippen LogP contribution >= 0.6 is 11.3 Å². The molecule has 1 aromatic carbocycles. The zero-order chi connectivity index (χ0) is 18.4. The van der Waals surface area contributed by atoms with E-state index in [0.29, 0.717) is 21.9 Å². The number of aliphatic hydroxyl groups is 1. The first-order chi connectivity index (χ1) is 11.6. The van der Waals surface area contributed by atoms with Crippen LogP contribution in [0, 0.1) is 6.92 Å². The van der Waals surface area contributed by atoms with Crippen LogP contribution < -0.4 is 5.01 Å². The molecule has 0 aliphatic carbocycles. The average Bonchev–Trinajstić information content (AvgIpc) is 3.12. The number of rotatable bonds is 3. The predicted octanol–water partition coefficient (Wildman–Crippen LogP) is 3.02. The predicted molar refractivity (Wildman–Crippen MR) is 84.9 cm³/mol. The molecular weight excluding hydrogens is 359 g/mol. The lowest BCUT2D eigenvalue weighted by Crippen LogP contribution is -2.55. The quantitative estimate of drug-likeness (QED) is 0.866. The minimum atomic E-state index is -5.02. The number of aromatic nitrogens is 1. The summed E-state index contributed by atoms with van der Waals surface area (Å²) in [5.41, 5.74) is -2.31. The molecule has 2 N–H and O–H groups in total. The van der Waals surface area contributed by atoms with Crippen molar-refractivity contribution in [3.63, 3.8) is 0 Å². The summed E-state index contributed by atoms with van der Waals surface area (Å²) in [6.45, 7) is 1.83. The number of hydrogen-bond acceptors (Lipinski definition) is 6. The van der Waals surface area contributed by atoms with Gasteiger partial charge in [-0.2, -0.15) is 23.3 Å². The number of hydrazone groups is 1. The van der Waals surface area contributed by atoms with Crippen LogP contribution in [0.1, 0.15) is 28.0 Å². The third kappa shape index (κ3) is 2.98. The van der Waals surface area contributed by atoms with E-state index in [0.717, 1.165) is 10.9 Å². The van der Waals surface area contributed by atoms with E-state index in [1.165, 1.54) is 0 Å². The number of thiazole rings is 1. The summed E-state index contributed by atoms with van der Waals surface area (Å²) >= 11 is 0.660. The molecule has 0 saturated heterocycles. The molecule has 0 saturated carbocycles. The molecule has 1 aliphatic rings. The fourth-order valence-corrected chi connectivity index (χ4v) is 3.15. The van der Waals surface area contributed by atoms with E-state index in [9.17, 15) is 23.1 Å². The topological polar surface area (TPSA) is 86.0 Å². The van der Waals surface area contributed by atoms with Gasteiger partial charge in [-0.15, -0.1) is 11.3 Å². The minimum absolute atomic E-state index is 0.0342. The van der Waals surface area contributed by atoms with Crippen molar-refractivity contribution in [1.82, 2.24) is 4.98 Å². The molecule has 2 heterocycles. The Morgan fingerprint density at radius 2 is 1.96 bits per heavy atom. The van der Waals surface area contributed by atoms with Crippen LogP contribution in [0.25, 0.3) is 0 Å². The minimum Gasteiger partial charge on any atom is -0.476 e. The van der Waals surface area contributed by atoms with E-state index in [1.807, 2.05) is 6.92 Å². The lowest BCUT2D eigenvalue weighted by atomic mass is 10.0. The molecule has 0 bridgehead atoms. The summed E-state index contributed by atoms with van der Waals surface area (Å²) < 4.78 is 40.5. The maximum Gasteiger partial charge on any atom is 0.438 e. The zero-order valence-electron chi connectivity index (χ0n) is 12.8. The Bertz CT molecular complexity index is 848. The van der Waals surface area contributed by atoms with E-state index in [4.69, 9.17) is 5.11 Å². The normalized spacial score (nSPS) is 20.7. The van der Waals surface area contributed by atoms with Gasteiger partial charge in [-0.25, -0.2) is 9.78 Å². The van der Waals surface area contributed by atoms with Gasteiger partial charge in [-0.1, -0.05) is 29.8 Å². The van der Waals surface area contributed by atoms with Crippen LogP contribution in [0.4, 0.5) is 18.3 Å². The van der Waals surface area contributed by atoms with E-state index in [1.54, 1.807) is 24.3 Å². The number of carboxylic acid groups (broad SMARTS) is 1. The lowest BCUT2D eigenvalue weighted by molar-refractivity contribution is -0.254. The lowest BCUT2D eigenvalue weighted by Gasteiger charge is -2.32. The Balaban J connectivity index is 2.06. The summed E-state index contributed by atoms with van der Waals surface area (Å²) in [5, 5.41) is 24.1. The summed E-state index contributed by atoms with van der Waals surface area (Å²) in [6, 6.07) is 6.66. The largest absolute Gasteiger partial charge is 0.476 e. The second-order valence-electron chi connectivity index (χ2n) is 5.54. The van der Waals surface area contributed by atoms with Gasteiger partial charge in [0, 0.05) is 5.38 Å². The number of alkyl halides is 3. The number of anilines is 1. The molecule has 0 amide bonds. The highest BCUT2D eigenvalue weighted by Crippen LogP contribution is 2.44. The van der Waals surface area contributed by atoms with E-state index in [-0.39, 0.29) is 10.8 Å². The number of carboxylic acids is 1. The molecule has 1 atom stereocenters. The van der Waals surface area contributed by atoms with Crippen LogP contribution in [0.2, 0.25) is 0 Å². The summed E-state index contributed by atoms with van der Waals surface area (Å²) in [7, 11) is 0. The van der Waals surface area contributed by atoms with Crippen LogP contribution in [0.5, 0.6) is 0 Å². The first-order valence-corrected chi connectivity index (χ1v) is 7.92. The molecule has 0 fully saturated rings. The van der Waals surface area contributed by atoms with Crippen molar-refractivity contribution in [2.45, 2.75) is 25.2 Å². The first kappa shape index (κ1) is 17.4. The highest BCUT2D eigenvalue weighted by Gasteiger charge is 2.62. The smallest absolute Gasteiger partial charge is 0.438 e. The highest BCUT2D eigenvalue weighted by atomic mass is 32.1. The Morgan fingerprint density at radius 1 is 1.32 bits per heavy atom. The number of aromatic carboxylic acids is 1. The summed E-state index contributed by atoms with van der Waals surface area (Å²) in [6.07, 6.45) is -5.81. The second kappa shape index (κ2) is 5.81. The van der Waals surface area contributed by atoms with Gasteiger partial charge in [0.25, 0.3) is 5.72 Å². The van der Waals surface area contributed by atoms with Gasteiger partial charge in [-0.3, -0.25) is 0 Å². The van der Waals surface area contributed by atoms with Gasteiger partial charge in [0.15, 0.2) is 5.69 Å². The SMILES string of the molecule is Cc1ccc(C2=NN(c3nc(C(=O)O)cs3)C(O)(C(F)(F)F)C2)cc1. The molecule has 10 heteroatoms. The molecule has 25 heavy (non-hydrogen) atoms. The fraction of sp³-hybridized carbons (Fsp3) is 0.267. The Labute approximate surface area is 143 Å². The molecule has 6 nitrogen and oxygen atoms in total. The van der Waals surface area contributed by atoms with Gasteiger partial charge in [-0.05, 0) is 12.5 Å². The highest BCUT2D eigenvalue weighted by molar-refractivity contribution is 7.14. The van der Waals surface area contributed by atoms with Gasteiger partial charge >= 0.3 is 12.1 Å². The van der Waals surface area contributed by atoms with Crippen molar-refractivity contribution in [1.29, 1.82) is 0 Å². The third-order valence-electron chi connectivity index (χ3n) is 3.72. The molecular formula is C15H12F3N3O3S. The Morgan fingerprint density at radius 3 is 2.48 bits per heavy atom. The fourth-order valence-electron chi connectivity index (χ4n) is 2.33. The van der Waals surface area contributed by atoms with Crippen molar-refractivity contribution in [2.24, 2.45) is 5.10 Å². The summed E-state index contributed by atoms with van der Waals surface area (Å²) in [4.78, 5) is 14.5.